The van der Waals surface area contributed by atoms with Crippen molar-refractivity contribution in [1.29, 1.82) is 0 Å². The maximum atomic E-state index is 14.6. The van der Waals surface area contributed by atoms with Gasteiger partial charge in [0.2, 0.25) is 11.9 Å². The third kappa shape index (κ3) is 7.75. The number of carbonyl (C=O) groups excluding carboxylic acids is 2. The molecule has 1 aliphatic heterocycles. The topological polar surface area (TPSA) is 174 Å². The molecular weight excluding hydrogens is 688 g/mol. The largest absolute Gasteiger partial charge is 0.495 e. The maximum absolute atomic E-state index is 14.6. The minimum absolute atomic E-state index is 0.00173. The molecule has 0 fully saturated rings. The van der Waals surface area contributed by atoms with Crippen LogP contribution in [0.5, 0.6) is 5.75 Å². The highest BCUT2D eigenvalue weighted by atomic mass is 32.2. The Balaban J connectivity index is 1.43. The van der Waals surface area contributed by atoms with E-state index in [-0.39, 0.29) is 38.9 Å². The Labute approximate surface area is 300 Å². The van der Waals surface area contributed by atoms with Crippen LogP contribution < -0.4 is 26.4 Å². The minimum atomic E-state index is -4.13. The zero-order valence-electron chi connectivity index (χ0n) is 28.9. The lowest BCUT2D eigenvalue weighted by atomic mass is 10.00. The van der Waals surface area contributed by atoms with Gasteiger partial charge in [-0.1, -0.05) is 36.8 Å². The number of carbonyl (C=O) groups is 2. The molecule has 2 amide bonds. The van der Waals surface area contributed by atoms with Crippen molar-refractivity contribution in [3.8, 4) is 5.75 Å². The van der Waals surface area contributed by atoms with Gasteiger partial charge in [-0.15, -0.1) is 0 Å². The Morgan fingerprint density at radius 3 is 2.52 bits per heavy atom. The molecule has 270 valence electrons. The van der Waals surface area contributed by atoms with Gasteiger partial charge < -0.3 is 26.4 Å². The molecule has 0 saturated carbocycles. The van der Waals surface area contributed by atoms with E-state index in [1.54, 1.807) is 19.2 Å². The van der Waals surface area contributed by atoms with Crippen LogP contribution in [0.2, 0.25) is 0 Å². The molecule has 0 spiro atoms. The number of nitrogens with one attached hydrogen (secondary N) is 3. The monoisotopic (exact) mass is 726 g/mol. The van der Waals surface area contributed by atoms with E-state index >= 15 is 0 Å². The number of fused-ring (bicyclic) bond motifs is 1. The van der Waals surface area contributed by atoms with Crippen LogP contribution in [0.15, 0.2) is 83.9 Å². The number of nitrogens with two attached hydrogens (primary N) is 1. The van der Waals surface area contributed by atoms with Crippen molar-refractivity contribution in [3.05, 3.63) is 102 Å². The number of rotatable bonds is 13. The van der Waals surface area contributed by atoms with E-state index in [0.29, 0.717) is 11.4 Å². The quantitative estimate of drug-likeness (QED) is 0.124. The lowest BCUT2D eigenvalue weighted by Crippen LogP contribution is -2.33. The molecule has 2 aromatic heterocycles. The first-order valence-electron chi connectivity index (χ1n) is 16.7. The van der Waals surface area contributed by atoms with E-state index in [4.69, 9.17) is 10.5 Å². The summed E-state index contributed by atoms with van der Waals surface area (Å²) >= 11 is 0. The van der Waals surface area contributed by atoms with Gasteiger partial charge in [0.1, 0.15) is 17.4 Å². The van der Waals surface area contributed by atoms with Crippen LogP contribution >= 0.6 is 0 Å². The Bertz CT molecular complexity index is 2290. The lowest BCUT2D eigenvalue weighted by Gasteiger charge is -2.27. The Morgan fingerprint density at radius 1 is 1.00 bits per heavy atom. The number of primary amides is 1. The van der Waals surface area contributed by atoms with Crippen molar-refractivity contribution in [2.45, 2.75) is 31.6 Å². The Morgan fingerprint density at radius 2 is 1.79 bits per heavy atom. The molecule has 6 rings (SSSR count). The molecule has 52 heavy (non-hydrogen) atoms. The van der Waals surface area contributed by atoms with Gasteiger partial charge in [-0.25, -0.2) is 16.8 Å². The van der Waals surface area contributed by atoms with Crippen LogP contribution in [0.4, 0.5) is 27.5 Å². The second-order valence-electron chi connectivity index (χ2n) is 12.4. The fourth-order valence-electron chi connectivity index (χ4n) is 6.01. The molecule has 5 N–H and O–H groups in total. The van der Waals surface area contributed by atoms with Crippen molar-refractivity contribution in [2.24, 2.45) is 5.73 Å². The van der Waals surface area contributed by atoms with Crippen molar-refractivity contribution >= 4 is 61.6 Å². The maximum Gasteiger partial charge on any atom is 0.269 e. The number of anilines is 4. The van der Waals surface area contributed by atoms with Crippen LogP contribution in [0.25, 0.3) is 16.6 Å². The average Bonchev–Trinajstić information content (AvgIpc) is 3.57. The first-order valence-corrected chi connectivity index (χ1v) is 18.1. The molecule has 0 aliphatic carbocycles. The summed E-state index contributed by atoms with van der Waals surface area (Å²) in [6, 6.07) is 17.1. The van der Waals surface area contributed by atoms with Gasteiger partial charge >= 0.3 is 0 Å². The summed E-state index contributed by atoms with van der Waals surface area (Å²) < 4.78 is 49.2. The third-order valence-corrected chi connectivity index (χ3v) is 10.3. The fraction of sp³-hybridized carbons (Fsp3) is 0.243. The fourth-order valence-corrected chi connectivity index (χ4v) is 7.30. The molecule has 0 unspecified atom stereocenters. The molecule has 3 heterocycles. The summed E-state index contributed by atoms with van der Waals surface area (Å²) in [7, 11) is -2.58. The molecule has 13 nitrogen and oxygen atoms in total. The number of amides is 2. The molecule has 3 aromatic carbocycles. The molecule has 0 saturated heterocycles. The normalized spacial score (nSPS) is 13.4. The number of methoxy groups -OCH3 is 1. The van der Waals surface area contributed by atoms with E-state index in [0.717, 1.165) is 59.7 Å². The zero-order chi connectivity index (χ0) is 37.0. The second-order valence-corrected chi connectivity index (χ2v) is 14.2. The summed E-state index contributed by atoms with van der Waals surface area (Å²) in [6.07, 6.45) is 5.61. The zero-order valence-corrected chi connectivity index (χ0v) is 29.8. The smallest absolute Gasteiger partial charge is 0.269 e. The van der Waals surface area contributed by atoms with E-state index in [1.807, 2.05) is 25.1 Å². The second kappa shape index (κ2) is 15.2. The summed E-state index contributed by atoms with van der Waals surface area (Å²) in [5.74, 6) is -1.55. The number of halogens is 1. The van der Waals surface area contributed by atoms with Crippen molar-refractivity contribution in [1.82, 2.24) is 24.2 Å². The summed E-state index contributed by atoms with van der Waals surface area (Å²) in [4.78, 5) is 36.1. The lowest BCUT2D eigenvalue weighted by molar-refractivity contribution is -0.117. The number of benzene rings is 3. The van der Waals surface area contributed by atoms with Crippen molar-refractivity contribution < 1.29 is 27.1 Å². The third-order valence-electron chi connectivity index (χ3n) is 8.58. The van der Waals surface area contributed by atoms with E-state index in [1.165, 1.54) is 36.0 Å². The van der Waals surface area contributed by atoms with Crippen LogP contribution in [0, 0.1) is 12.7 Å². The van der Waals surface area contributed by atoms with E-state index in [2.05, 4.69) is 43.8 Å². The highest BCUT2D eigenvalue weighted by Crippen LogP contribution is 2.35. The predicted octanol–water partition coefficient (Wildman–Crippen LogP) is 5.33. The molecule has 5 aromatic rings. The van der Waals surface area contributed by atoms with Gasteiger partial charge in [0.05, 0.1) is 40.9 Å². The van der Waals surface area contributed by atoms with Gasteiger partial charge in [-0.05, 0) is 86.0 Å². The highest BCUT2D eigenvalue weighted by molar-refractivity contribution is 7.90. The number of aryl methyl sites for hydroxylation is 1. The molecule has 1 aliphatic rings. The van der Waals surface area contributed by atoms with Crippen LogP contribution in [0.1, 0.15) is 41.3 Å². The van der Waals surface area contributed by atoms with Gasteiger partial charge in [-0.3, -0.25) is 14.5 Å². The Hall–Kier alpha value is -5.80. The van der Waals surface area contributed by atoms with E-state index in [9.17, 15) is 22.4 Å². The van der Waals surface area contributed by atoms with Gasteiger partial charge in [0.25, 0.3) is 15.9 Å². The Kier molecular flexibility index (Phi) is 10.5. The van der Waals surface area contributed by atoms with Crippen molar-refractivity contribution in [2.75, 3.05) is 43.9 Å². The summed E-state index contributed by atoms with van der Waals surface area (Å²) in [5, 5.41) is 8.82. The first kappa shape index (κ1) is 36.0. The molecule has 0 bridgehead atoms. The number of hydrogen-bond donors (Lipinski definition) is 4. The van der Waals surface area contributed by atoms with Crippen molar-refractivity contribution in [3.63, 3.8) is 0 Å². The highest BCUT2D eigenvalue weighted by Gasteiger charge is 2.24. The van der Waals surface area contributed by atoms with Crippen LogP contribution in [0.3, 0.4) is 0 Å². The standard InChI is InChI=1S/C37H39FN8O5S/c1-4-16-45-17-5-6-25(22-45)24-9-14-30(32(19-24)51-3)42-37-43-34(41-31-20-26(38)10-13-28(31)36(48)40-21-33(39)47)29-15-18-46(35(29)44-37)52(49,50)27-11-7-23(2)8-12-27/h6-15,18-20H,4-5,16-17,21-22H2,1-3H3,(H2,39,47)(H,40,48)(H2,41,42,43,44). The number of ether oxygens (including phenoxy) is 1. The molecule has 15 heteroatoms. The first-order chi connectivity index (χ1) is 25.0. The molecule has 0 atom stereocenters. The van der Waals surface area contributed by atoms with Gasteiger partial charge in [0, 0.05) is 19.3 Å². The van der Waals surface area contributed by atoms with Crippen LogP contribution in [-0.4, -0.2) is 72.4 Å². The summed E-state index contributed by atoms with van der Waals surface area (Å²) in [6.45, 7) is 6.44. The average molecular weight is 727 g/mol. The minimum Gasteiger partial charge on any atom is -0.495 e. The van der Waals surface area contributed by atoms with Gasteiger partial charge in [0.15, 0.2) is 5.65 Å². The number of aromatic nitrogens is 3. The number of nitrogens with zero attached hydrogens (tertiary/aromatic N) is 4. The predicted molar refractivity (Wildman–Crippen MR) is 198 cm³/mol. The molecule has 0 radical (unpaired) electrons. The van der Waals surface area contributed by atoms with Crippen LogP contribution in [-0.2, 0) is 14.8 Å². The van der Waals surface area contributed by atoms with Gasteiger partial charge in [-0.2, -0.15) is 9.97 Å². The van der Waals surface area contributed by atoms with E-state index < -0.39 is 34.2 Å². The molecular formula is C37H39FN8O5S. The summed E-state index contributed by atoms with van der Waals surface area (Å²) in [5.41, 5.74) is 8.80. The SMILES string of the molecule is CCCN1CCC=C(c2ccc(Nc3nc(Nc4cc(F)ccc4C(=O)NCC(N)=O)c4ccn(S(=O)(=O)c5ccc(C)cc5)c4n3)c(OC)c2)C1. The number of hydrogen-bond acceptors (Lipinski definition) is 10.